The zero-order valence-corrected chi connectivity index (χ0v) is 16.4. The summed E-state index contributed by atoms with van der Waals surface area (Å²) in [7, 11) is 0. The molecule has 2 heterocycles. The zero-order valence-electron chi connectivity index (χ0n) is 16.4. The van der Waals surface area contributed by atoms with Crippen LogP contribution < -0.4 is 9.47 Å². The number of ether oxygens (including phenoxy) is 2. The van der Waals surface area contributed by atoms with Gasteiger partial charge in [0.15, 0.2) is 11.5 Å². The van der Waals surface area contributed by atoms with Gasteiger partial charge >= 0.3 is 0 Å². The molecule has 4 rings (SSSR count). The Bertz CT molecular complexity index is 1010. The van der Waals surface area contributed by atoms with Crippen LogP contribution in [0.15, 0.2) is 67.0 Å². The van der Waals surface area contributed by atoms with E-state index in [1.54, 1.807) is 0 Å². The van der Waals surface area contributed by atoms with Crippen molar-refractivity contribution in [2.24, 2.45) is 0 Å². The summed E-state index contributed by atoms with van der Waals surface area (Å²) in [6.45, 7) is 5.18. The molecule has 0 saturated heterocycles. The van der Waals surface area contributed by atoms with Crippen molar-refractivity contribution < 1.29 is 9.47 Å². The van der Waals surface area contributed by atoms with Crippen LogP contribution in [-0.2, 0) is 6.54 Å². The first-order chi connectivity index (χ1) is 14.2. The van der Waals surface area contributed by atoms with Crippen molar-refractivity contribution in [2.75, 3.05) is 19.7 Å². The third-order valence-corrected chi connectivity index (χ3v) is 5.02. The quantitative estimate of drug-likeness (QED) is 0.634. The Labute approximate surface area is 171 Å². The number of para-hydroxylation sites is 2. The fourth-order valence-electron chi connectivity index (χ4n) is 3.47. The highest BCUT2D eigenvalue weighted by Gasteiger charge is 2.22. The summed E-state index contributed by atoms with van der Waals surface area (Å²) in [5, 5.41) is 8.97. The second kappa shape index (κ2) is 8.76. The van der Waals surface area contributed by atoms with E-state index in [0.29, 0.717) is 12.2 Å². The number of rotatable bonds is 6. The molecule has 1 aromatic heterocycles. The van der Waals surface area contributed by atoms with Crippen LogP contribution in [0.2, 0.25) is 0 Å². The monoisotopic (exact) mass is 385 g/mol. The SMILES string of the molecule is CCN(Cc1cncc(-c2ccc(C#N)cc2)c1)CC1COc2ccccc2O1. The molecule has 5 nitrogen and oxygen atoms in total. The molecule has 1 atom stereocenters. The van der Waals surface area contributed by atoms with Crippen LogP contribution in [0, 0.1) is 11.3 Å². The highest BCUT2D eigenvalue weighted by Crippen LogP contribution is 2.31. The summed E-state index contributed by atoms with van der Waals surface area (Å²) >= 11 is 0. The highest BCUT2D eigenvalue weighted by molar-refractivity contribution is 5.63. The molecule has 0 spiro atoms. The Morgan fingerprint density at radius 1 is 1.07 bits per heavy atom. The number of hydrogen-bond acceptors (Lipinski definition) is 5. The van der Waals surface area contributed by atoms with Gasteiger partial charge in [-0.3, -0.25) is 9.88 Å². The lowest BCUT2D eigenvalue weighted by Crippen LogP contribution is -2.40. The minimum atomic E-state index is -0.000446. The number of fused-ring (bicyclic) bond motifs is 1. The molecule has 146 valence electrons. The van der Waals surface area contributed by atoms with Crippen molar-refractivity contribution in [3.63, 3.8) is 0 Å². The Balaban J connectivity index is 1.43. The minimum absolute atomic E-state index is 0.000446. The predicted octanol–water partition coefficient (Wildman–Crippen LogP) is 4.28. The highest BCUT2D eigenvalue weighted by atomic mass is 16.6. The van der Waals surface area contributed by atoms with Gasteiger partial charge in [0, 0.05) is 31.0 Å². The maximum atomic E-state index is 8.97. The van der Waals surface area contributed by atoms with Crippen LogP contribution in [0.3, 0.4) is 0 Å². The number of hydrogen-bond donors (Lipinski definition) is 0. The number of pyridine rings is 1. The maximum absolute atomic E-state index is 8.97. The summed E-state index contributed by atoms with van der Waals surface area (Å²) in [4.78, 5) is 6.75. The van der Waals surface area contributed by atoms with Crippen molar-refractivity contribution in [1.29, 1.82) is 5.26 Å². The Hall–Kier alpha value is -3.36. The van der Waals surface area contributed by atoms with Gasteiger partial charge in [-0.25, -0.2) is 0 Å². The number of nitriles is 1. The molecule has 2 aromatic carbocycles. The van der Waals surface area contributed by atoms with E-state index in [4.69, 9.17) is 14.7 Å². The number of likely N-dealkylation sites (N-methyl/N-ethyl adjacent to an activating group) is 1. The van der Waals surface area contributed by atoms with Gasteiger partial charge in [-0.1, -0.05) is 31.2 Å². The molecule has 5 heteroatoms. The average molecular weight is 385 g/mol. The first-order valence-corrected chi connectivity index (χ1v) is 9.80. The van der Waals surface area contributed by atoms with Crippen molar-refractivity contribution >= 4 is 0 Å². The number of aromatic nitrogens is 1. The first kappa shape index (κ1) is 19.0. The van der Waals surface area contributed by atoms with Crippen molar-refractivity contribution in [3.05, 3.63) is 78.1 Å². The molecule has 0 fully saturated rings. The van der Waals surface area contributed by atoms with Gasteiger partial charge in [-0.05, 0) is 48.0 Å². The normalized spacial score (nSPS) is 15.1. The van der Waals surface area contributed by atoms with Gasteiger partial charge < -0.3 is 9.47 Å². The molecule has 3 aromatic rings. The molecule has 0 saturated carbocycles. The molecular weight excluding hydrogens is 362 g/mol. The van der Waals surface area contributed by atoms with Crippen molar-refractivity contribution in [1.82, 2.24) is 9.88 Å². The second-order valence-corrected chi connectivity index (χ2v) is 7.10. The van der Waals surface area contributed by atoms with E-state index in [2.05, 4.69) is 28.9 Å². The van der Waals surface area contributed by atoms with Crippen LogP contribution in [0.25, 0.3) is 11.1 Å². The summed E-state index contributed by atoms with van der Waals surface area (Å²) in [6, 6.07) is 19.7. The predicted molar refractivity (Wildman–Crippen MR) is 112 cm³/mol. The molecule has 1 aliphatic rings. The minimum Gasteiger partial charge on any atom is -0.486 e. The molecule has 0 radical (unpaired) electrons. The smallest absolute Gasteiger partial charge is 0.161 e. The standard InChI is InChI=1S/C24H23N3O2/c1-2-27(16-22-17-28-23-5-3-4-6-24(23)29-22)15-19-11-21(14-26-13-19)20-9-7-18(12-25)8-10-20/h3-11,13-14,22H,2,15-17H2,1H3. The molecule has 0 N–H and O–H groups in total. The Morgan fingerprint density at radius 2 is 1.86 bits per heavy atom. The molecule has 1 unspecified atom stereocenters. The van der Waals surface area contributed by atoms with E-state index >= 15 is 0 Å². The van der Waals surface area contributed by atoms with Gasteiger partial charge in [0.05, 0.1) is 11.6 Å². The summed E-state index contributed by atoms with van der Waals surface area (Å²) in [5.41, 5.74) is 3.91. The van der Waals surface area contributed by atoms with Crippen molar-refractivity contribution in [3.8, 4) is 28.7 Å². The van der Waals surface area contributed by atoms with Crippen LogP contribution in [-0.4, -0.2) is 35.7 Å². The molecule has 29 heavy (non-hydrogen) atoms. The topological polar surface area (TPSA) is 58.4 Å². The van der Waals surface area contributed by atoms with E-state index in [1.165, 1.54) is 0 Å². The summed E-state index contributed by atoms with van der Waals surface area (Å²) < 4.78 is 11.9. The lowest BCUT2D eigenvalue weighted by molar-refractivity contribution is 0.0580. The maximum Gasteiger partial charge on any atom is 0.161 e. The first-order valence-electron chi connectivity index (χ1n) is 9.80. The molecule has 0 amide bonds. The molecule has 0 bridgehead atoms. The second-order valence-electron chi connectivity index (χ2n) is 7.10. The Morgan fingerprint density at radius 3 is 2.62 bits per heavy atom. The fraction of sp³-hybridized carbons (Fsp3) is 0.250. The van der Waals surface area contributed by atoms with E-state index in [1.807, 2.05) is 60.9 Å². The van der Waals surface area contributed by atoms with E-state index in [9.17, 15) is 0 Å². The largest absolute Gasteiger partial charge is 0.486 e. The third-order valence-electron chi connectivity index (χ3n) is 5.02. The van der Waals surface area contributed by atoms with E-state index in [-0.39, 0.29) is 6.10 Å². The van der Waals surface area contributed by atoms with Gasteiger partial charge in [0.1, 0.15) is 12.7 Å². The molecule has 1 aliphatic heterocycles. The lowest BCUT2D eigenvalue weighted by Gasteiger charge is -2.30. The molecule has 0 aliphatic carbocycles. The number of nitrogens with zero attached hydrogens (tertiary/aromatic N) is 3. The van der Waals surface area contributed by atoms with Crippen LogP contribution >= 0.6 is 0 Å². The molecular formula is C24H23N3O2. The zero-order chi connectivity index (χ0) is 20.1. The average Bonchev–Trinajstić information content (AvgIpc) is 2.79. The third kappa shape index (κ3) is 4.56. The van der Waals surface area contributed by atoms with Gasteiger partial charge in [0.2, 0.25) is 0 Å². The van der Waals surface area contributed by atoms with Gasteiger partial charge in [-0.2, -0.15) is 5.26 Å². The van der Waals surface area contributed by atoms with Crippen molar-refractivity contribution in [2.45, 2.75) is 19.6 Å². The van der Waals surface area contributed by atoms with Gasteiger partial charge in [0.25, 0.3) is 0 Å². The summed E-state index contributed by atoms with van der Waals surface area (Å²) in [5.74, 6) is 1.62. The van der Waals surface area contributed by atoms with E-state index < -0.39 is 0 Å². The van der Waals surface area contributed by atoms with Crippen LogP contribution in [0.1, 0.15) is 18.1 Å². The lowest BCUT2D eigenvalue weighted by atomic mass is 10.0. The van der Waals surface area contributed by atoms with Gasteiger partial charge in [-0.15, -0.1) is 0 Å². The Kier molecular flexibility index (Phi) is 5.73. The number of benzene rings is 2. The van der Waals surface area contributed by atoms with Crippen LogP contribution in [0.4, 0.5) is 0 Å². The fourth-order valence-corrected chi connectivity index (χ4v) is 3.47. The summed E-state index contributed by atoms with van der Waals surface area (Å²) in [6.07, 6.45) is 3.76. The van der Waals surface area contributed by atoms with E-state index in [0.717, 1.165) is 47.8 Å². The van der Waals surface area contributed by atoms with Crippen LogP contribution in [0.5, 0.6) is 11.5 Å².